The number of carbonyl (C=O) groups excluding carboxylic acids is 2. The van der Waals surface area contributed by atoms with E-state index in [2.05, 4.69) is 41.9 Å². The number of hydrogen-bond acceptors (Lipinski definition) is 5. The third-order valence-corrected chi connectivity index (χ3v) is 5.61. The van der Waals surface area contributed by atoms with E-state index in [9.17, 15) is 9.59 Å². The SMILES string of the molecule is CCn1ncc(NC(=O)C(C)n2ncc(Br)c2C)c1C(=O)Nc1cnn(C)c1C. The van der Waals surface area contributed by atoms with Crippen LogP contribution in [-0.2, 0) is 18.4 Å². The summed E-state index contributed by atoms with van der Waals surface area (Å²) in [6, 6.07) is -0.567. The monoisotopic (exact) mass is 462 g/mol. The van der Waals surface area contributed by atoms with Gasteiger partial charge in [0.2, 0.25) is 5.91 Å². The predicted molar refractivity (Wildman–Crippen MR) is 112 cm³/mol. The zero-order valence-corrected chi connectivity index (χ0v) is 18.5. The van der Waals surface area contributed by atoms with Crippen LogP contribution in [0.5, 0.6) is 0 Å². The second kappa shape index (κ2) is 8.19. The minimum atomic E-state index is -0.567. The largest absolute Gasteiger partial charge is 0.321 e. The van der Waals surface area contributed by atoms with Crippen molar-refractivity contribution in [1.82, 2.24) is 29.3 Å². The molecule has 0 fully saturated rings. The van der Waals surface area contributed by atoms with Crippen LogP contribution in [0.2, 0.25) is 0 Å². The van der Waals surface area contributed by atoms with Crippen LogP contribution in [0.15, 0.2) is 23.1 Å². The number of halogens is 1. The summed E-state index contributed by atoms with van der Waals surface area (Å²) in [7, 11) is 1.80. The lowest BCUT2D eigenvalue weighted by atomic mass is 10.2. The molecule has 0 aliphatic carbocycles. The molecule has 0 radical (unpaired) electrons. The molecule has 1 unspecified atom stereocenters. The minimum Gasteiger partial charge on any atom is -0.321 e. The first-order chi connectivity index (χ1) is 13.7. The molecular formula is C18H23BrN8O2. The number of hydrogen-bond donors (Lipinski definition) is 2. The van der Waals surface area contributed by atoms with Crippen LogP contribution in [-0.4, -0.2) is 41.2 Å². The first kappa shape index (κ1) is 20.8. The van der Waals surface area contributed by atoms with Gasteiger partial charge >= 0.3 is 0 Å². The molecule has 10 nitrogen and oxygen atoms in total. The Morgan fingerprint density at radius 3 is 2.31 bits per heavy atom. The number of aromatic nitrogens is 6. The zero-order valence-electron chi connectivity index (χ0n) is 16.9. The van der Waals surface area contributed by atoms with Crippen LogP contribution < -0.4 is 10.6 Å². The fourth-order valence-corrected chi connectivity index (χ4v) is 3.17. The molecule has 3 aromatic heterocycles. The molecule has 11 heteroatoms. The molecule has 0 saturated carbocycles. The van der Waals surface area contributed by atoms with E-state index in [0.29, 0.717) is 17.9 Å². The van der Waals surface area contributed by atoms with Crippen molar-refractivity contribution in [3.8, 4) is 0 Å². The highest BCUT2D eigenvalue weighted by Gasteiger charge is 2.24. The number of anilines is 2. The number of nitrogens with zero attached hydrogens (tertiary/aromatic N) is 6. The molecule has 3 heterocycles. The fraction of sp³-hybridized carbons (Fsp3) is 0.389. The number of carbonyl (C=O) groups is 2. The predicted octanol–water partition coefficient (Wildman–Crippen LogP) is 2.66. The Balaban J connectivity index is 1.84. The van der Waals surface area contributed by atoms with Crippen molar-refractivity contribution in [2.45, 2.75) is 40.3 Å². The lowest BCUT2D eigenvalue weighted by Crippen LogP contribution is -2.27. The van der Waals surface area contributed by atoms with Gasteiger partial charge in [-0.2, -0.15) is 15.3 Å². The van der Waals surface area contributed by atoms with Crippen LogP contribution in [0.3, 0.4) is 0 Å². The molecule has 0 aliphatic heterocycles. The van der Waals surface area contributed by atoms with Crippen molar-refractivity contribution in [3.63, 3.8) is 0 Å². The standard InChI is InChI=1S/C18H23BrN8O2/c1-6-26-16(18(29)23-14-8-20-25(5)11(14)3)15(9-21-26)24-17(28)12(4)27-10(2)13(19)7-22-27/h7-9,12H,6H2,1-5H3,(H,23,29)(H,24,28). The summed E-state index contributed by atoms with van der Waals surface area (Å²) < 4.78 is 5.64. The average molecular weight is 463 g/mol. The van der Waals surface area contributed by atoms with Crippen molar-refractivity contribution >= 4 is 39.1 Å². The molecule has 0 saturated heterocycles. The van der Waals surface area contributed by atoms with E-state index in [1.807, 2.05) is 20.8 Å². The van der Waals surface area contributed by atoms with Crippen LogP contribution in [0.25, 0.3) is 0 Å². The second-order valence-electron chi connectivity index (χ2n) is 6.63. The minimum absolute atomic E-state index is 0.273. The molecule has 0 aromatic carbocycles. The number of aryl methyl sites for hydroxylation is 2. The highest BCUT2D eigenvalue weighted by Crippen LogP contribution is 2.22. The maximum Gasteiger partial charge on any atom is 0.276 e. The molecule has 1 atom stereocenters. The van der Waals surface area contributed by atoms with Crippen molar-refractivity contribution < 1.29 is 9.59 Å². The van der Waals surface area contributed by atoms with Gasteiger partial charge in [-0.25, -0.2) is 0 Å². The van der Waals surface area contributed by atoms with Crippen LogP contribution in [0.1, 0.15) is 41.8 Å². The van der Waals surface area contributed by atoms with Gasteiger partial charge in [-0.05, 0) is 43.6 Å². The van der Waals surface area contributed by atoms with Gasteiger partial charge in [0.1, 0.15) is 11.7 Å². The number of nitrogens with one attached hydrogen (secondary N) is 2. The first-order valence-corrected chi connectivity index (χ1v) is 9.90. The van der Waals surface area contributed by atoms with Gasteiger partial charge in [0.05, 0.1) is 45.8 Å². The Morgan fingerprint density at radius 1 is 1.07 bits per heavy atom. The molecule has 3 aromatic rings. The molecule has 154 valence electrons. The van der Waals surface area contributed by atoms with E-state index < -0.39 is 6.04 Å². The highest BCUT2D eigenvalue weighted by atomic mass is 79.9. The lowest BCUT2D eigenvalue weighted by Gasteiger charge is -2.15. The van der Waals surface area contributed by atoms with Crippen molar-refractivity contribution in [2.75, 3.05) is 10.6 Å². The molecule has 0 aliphatic rings. The molecule has 2 N–H and O–H groups in total. The molecule has 0 spiro atoms. The maximum absolute atomic E-state index is 12.9. The van der Waals surface area contributed by atoms with E-state index in [1.165, 1.54) is 10.9 Å². The Hall–Kier alpha value is -2.95. The molecule has 2 amide bonds. The van der Waals surface area contributed by atoms with Gasteiger partial charge in [0.15, 0.2) is 0 Å². The van der Waals surface area contributed by atoms with Crippen LogP contribution in [0.4, 0.5) is 11.4 Å². The normalized spacial score (nSPS) is 12.1. The Labute approximate surface area is 176 Å². The quantitative estimate of drug-likeness (QED) is 0.584. The third kappa shape index (κ3) is 3.95. The summed E-state index contributed by atoms with van der Waals surface area (Å²) >= 11 is 3.39. The average Bonchev–Trinajstić information content (AvgIpc) is 3.35. The second-order valence-corrected chi connectivity index (χ2v) is 7.49. The maximum atomic E-state index is 12.9. The van der Waals surface area contributed by atoms with Gasteiger partial charge in [-0.3, -0.25) is 23.6 Å². The summed E-state index contributed by atoms with van der Waals surface area (Å²) in [5, 5.41) is 18.2. The summed E-state index contributed by atoms with van der Waals surface area (Å²) in [6.45, 7) is 7.81. The van der Waals surface area contributed by atoms with E-state index >= 15 is 0 Å². The summed E-state index contributed by atoms with van der Waals surface area (Å²) in [5.41, 5.74) is 2.87. The summed E-state index contributed by atoms with van der Waals surface area (Å²) in [6.07, 6.45) is 4.70. The molecule has 0 bridgehead atoms. The van der Waals surface area contributed by atoms with Gasteiger partial charge in [0, 0.05) is 13.6 Å². The van der Waals surface area contributed by atoms with Gasteiger partial charge in [0.25, 0.3) is 5.91 Å². The van der Waals surface area contributed by atoms with Crippen molar-refractivity contribution in [2.24, 2.45) is 7.05 Å². The topological polar surface area (TPSA) is 112 Å². The molecular weight excluding hydrogens is 440 g/mol. The molecule has 29 heavy (non-hydrogen) atoms. The van der Waals surface area contributed by atoms with Crippen molar-refractivity contribution in [3.05, 3.63) is 40.1 Å². The Morgan fingerprint density at radius 2 is 1.76 bits per heavy atom. The van der Waals surface area contributed by atoms with Gasteiger partial charge < -0.3 is 10.6 Å². The summed E-state index contributed by atoms with van der Waals surface area (Å²) in [5.74, 6) is -0.674. The van der Waals surface area contributed by atoms with E-state index in [0.717, 1.165) is 15.9 Å². The Kier molecular flexibility index (Phi) is 5.87. The first-order valence-electron chi connectivity index (χ1n) is 9.10. The van der Waals surface area contributed by atoms with Crippen LogP contribution >= 0.6 is 15.9 Å². The van der Waals surface area contributed by atoms with Gasteiger partial charge in [-0.15, -0.1) is 0 Å². The smallest absolute Gasteiger partial charge is 0.276 e. The third-order valence-electron chi connectivity index (χ3n) is 4.83. The van der Waals surface area contributed by atoms with E-state index in [-0.39, 0.29) is 17.5 Å². The highest BCUT2D eigenvalue weighted by molar-refractivity contribution is 9.10. The van der Waals surface area contributed by atoms with E-state index in [1.54, 1.807) is 35.7 Å². The van der Waals surface area contributed by atoms with Crippen LogP contribution in [0, 0.1) is 13.8 Å². The number of amides is 2. The Bertz CT molecular complexity index is 1060. The molecule has 3 rings (SSSR count). The lowest BCUT2D eigenvalue weighted by molar-refractivity contribution is -0.119. The van der Waals surface area contributed by atoms with Gasteiger partial charge in [-0.1, -0.05) is 0 Å². The fourth-order valence-electron chi connectivity index (χ4n) is 2.90. The number of rotatable bonds is 6. The summed E-state index contributed by atoms with van der Waals surface area (Å²) in [4.78, 5) is 25.7. The zero-order chi connectivity index (χ0) is 21.3. The van der Waals surface area contributed by atoms with E-state index in [4.69, 9.17) is 0 Å². The van der Waals surface area contributed by atoms with Crippen molar-refractivity contribution in [1.29, 1.82) is 0 Å².